The number of para-hydroxylation sites is 2. The minimum absolute atomic E-state index is 0. The SMILES string of the molecule is C[N+]1=C=[N+](c2[c-]ccc3c2oc2ncccc23)c2ccccc21.[Ir].[c-]1ccccc1-c1ccccn1. The Bertz CT molecular complexity index is 1700. The maximum Gasteiger partial charge on any atom is 0.494 e. The van der Waals surface area contributed by atoms with Gasteiger partial charge in [-0.1, -0.05) is 38.8 Å². The zero-order valence-corrected chi connectivity index (χ0v) is 21.7. The van der Waals surface area contributed by atoms with Crippen LogP contribution in [0.4, 0.5) is 17.1 Å². The molecule has 1 aliphatic heterocycles. The van der Waals surface area contributed by atoms with E-state index in [0.29, 0.717) is 5.71 Å². The van der Waals surface area contributed by atoms with Gasteiger partial charge in [-0.3, -0.25) is 0 Å². The third-order valence-corrected chi connectivity index (χ3v) is 5.80. The standard InChI is InChI=1S/C19H12N3O.C11H8N.Ir/c1-21-12-22(16-9-3-2-8-15(16)21)17-10-4-6-13-14-7-5-11-20-19(14)23-18(13)17;1-2-6-10(7-3-1)11-8-4-5-9-12-11;/h2-9,11H,1H3;1-6,8-9H;/q+1;-1;. The van der Waals surface area contributed by atoms with Gasteiger partial charge in [-0.25, -0.2) is 4.98 Å². The Balaban J connectivity index is 0.000000175. The smallest absolute Gasteiger partial charge is 0.494 e. The van der Waals surface area contributed by atoms with Crippen LogP contribution in [0.5, 0.6) is 0 Å². The molecule has 1 radical (unpaired) electrons. The Morgan fingerprint density at radius 1 is 0.750 bits per heavy atom. The first-order chi connectivity index (χ1) is 17.3. The predicted molar refractivity (Wildman–Crippen MR) is 138 cm³/mol. The van der Waals surface area contributed by atoms with Crippen LogP contribution in [0.15, 0.2) is 108 Å². The van der Waals surface area contributed by atoms with Crippen molar-refractivity contribution in [3.8, 4) is 11.3 Å². The fraction of sp³-hybridized carbons (Fsp3) is 0.0333. The summed E-state index contributed by atoms with van der Waals surface area (Å²) in [4.78, 5) is 8.53. The second-order valence-electron chi connectivity index (χ2n) is 8.00. The first-order valence-electron chi connectivity index (χ1n) is 11.2. The number of pyridine rings is 2. The Morgan fingerprint density at radius 3 is 2.36 bits per heavy atom. The number of hydrogen-bond donors (Lipinski definition) is 0. The molecule has 7 rings (SSSR count). The maximum atomic E-state index is 6.00. The fourth-order valence-electron chi connectivity index (χ4n) is 4.17. The molecule has 3 aromatic heterocycles. The van der Waals surface area contributed by atoms with E-state index < -0.39 is 0 Å². The van der Waals surface area contributed by atoms with Gasteiger partial charge in [0.2, 0.25) is 5.71 Å². The average molecular weight is 645 g/mol. The van der Waals surface area contributed by atoms with Crippen molar-refractivity contribution in [2.24, 2.45) is 0 Å². The molecule has 36 heavy (non-hydrogen) atoms. The Morgan fingerprint density at radius 2 is 1.56 bits per heavy atom. The van der Waals surface area contributed by atoms with E-state index in [1.807, 2.05) is 95.1 Å². The molecule has 0 N–H and O–H groups in total. The molecule has 1 aliphatic rings. The van der Waals surface area contributed by atoms with Crippen molar-refractivity contribution < 1.29 is 29.1 Å². The van der Waals surface area contributed by atoms with Crippen molar-refractivity contribution in [3.05, 3.63) is 116 Å². The van der Waals surface area contributed by atoms with E-state index in [0.717, 1.165) is 44.7 Å². The molecule has 5 nitrogen and oxygen atoms in total. The van der Waals surface area contributed by atoms with Gasteiger partial charge in [0.1, 0.15) is 0 Å². The topological polar surface area (TPSA) is 44.9 Å². The fourth-order valence-corrected chi connectivity index (χ4v) is 4.17. The van der Waals surface area contributed by atoms with Gasteiger partial charge in [0.15, 0.2) is 12.7 Å². The Kier molecular flexibility index (Phi) is 6.66. The minimum atomic E-state index is 0. The van der Waals surface area contributed by atoms with E-state index in [-0.39, 0.29) is 20.1 Å². The van der Waals surface area contributed by atoms with E-state index in [4.69, 9.17) is 4.42 Å². The number of benzene rings is 3. The Labute approximate surface area is 222 Å². The zero-order valence-electron chi connectivity index (χ0n) is 19.3. The first kappa shape index (κ1) is 23.5. The van der Waals surface area contributed by atoms with Crippen molar-refractivity contribution in [1.29, 1.82) is 0 Å². The maximum absolute atomic E-state index is 6.00. The summed E-state index contributed by atoms with van der Waals surface area (Å²) in [6.45, 7) is 0. The molecular weight excluding hydrogens is 625 g/mol. The van der Waals surface area contributed by atoms with Crippen LogP contribution in [0.3, 0.4) is 0 Å². The first-order valence-corrected chi connectivity index (χ1v) is 11.2. The molecule has 0 saturated heterocycles. The van der Waals surface area contributed by atoms with Crippen LogP contribution in [0.25, 0.3) is 33.3 Å². The molecule has 0 bridgehead atoms. The van der Waals surface area contributed by atoms with Gasteiger partial charge in [0.05, 0.1) is 5.58 Å². The quantitative estimate of drug-likeness (QED) is 0.157. The van der Waals surface area contributed by atoms with Crippen LogP contribution in [-0.2, 0) is 20.1 Å². The van der Waals surface area contributed by atoms with E-state index in [2.05, 4.69) is 40.2 Å². The summed E-state index contributed by atoms with van der Waals surface area (Å²) in [5, 5.41) is 2.05. The number of nitrogens with zero attached hydrogens (tertiary/aromatic N) is 4. The number of furan rings is 1. The predicted octanol–water partition coefficient (Wildman–Crippen LogP) is 6.62. The second kappa shape index (κ2) is 10.2. The molecule has 0 unspecified atom stereocenters. The molecule has 0 atom stereocenters. The Hall–Kier alpha value is -4.21. The summed E-state index contributed by atoms with van der Waals surface area (Å²) < 4.78 is 9.96. The van der Waals surface area contributed by atoms with Gasteiger partial charge >= 0.3 is 6.01 Å². The largest absolute Gasteiger partial charge is 0.495 e. The van der Waals surface area contributed by atoms with Gasteiger partial charge in [-0.15, -0.1) is 42.0 Å². The van der Waals surface area contributed by atoms with Crippen molar-refractivity contribution in [2.75, 3.05) is 7.05 Å². The molecule has 0 saturated carbocycles. The van der Waals surface area contributed by atoms with E-state index in [1.54, 1.807) is 12.4 Å². The summed E-state index contributed by atoms with van der Waals surface area (Å²) in [6.07, 6.45) is 3.53. The summed E-state index contributed by atoms with van der Waals surface area (Å²) in [5.74, 6) is 0. The molecule has 0 amide bonds. The molecule has 0 aliphatic carbocycles. The van der Waals surface area contributed by atoms with Crippen LogP contribution in [0.1, 0.15) is 0 Å². The van der Waals surface area contributed by atoms with Gasteiger partial charge in [-0.05, 0) is 23.9 Å². The molecule has 6 aromatic rings. The van der Waals surface area contributed by atoms with Gasteiger partial charge in [0, 0.05) is 50.0 Å². The van der Waals surface area contributed by atoms with Gasteiger partial charge in [-0.2, -0.15) is 12.1 Å². The molecule has 4 heterocycles. The minimum Gasteiger partial charge on any atom is -0.495 e. The molecule has 3 aromatic carbocycles. The van der Waals surface area contributed by atoms with E-state index >= 15 is 0 Å². The van der Waals surface area contributed by atoms with Gasteiger partial charge in [0.25, 0.3) is 11.4 Å². The monoisotopic (exact) mass is 645 g/mol. The molecular formula is C30H20IrN4O. The summed E-state index contributed by atoms with van der Waals surface area (Å²) >= 11 is 0. The van der Waals surface area contributed by atoms with Gasteiger partial charge < -0.3 is 9.40 Å². The van der Waals surface area contributed by atoms with E-state index in [1.165, 1.54) is 0 Å². The number of hydrogen-bond acceptors (Lipinski definition) is 3. The zero-order chi connectivity index (χ0) is 23.6. The third-order valence-electron chi connectivity index (χ3n) is 5.80. The summed E-state index contributed by atoms with van der Waals surface area (Å²) in [5.41, 5.74) is 6.44. The summed E-state index contributed by atoms with van der Waals surface area (Å²) in [7, 11) is 1.99. The average Bonchev–Trinajstić information content (AvgIpc) is 3.48. The van der Waals surface area contributed by atoms with Crippen molar-refractivity contribution in [2.45, 2.75) is 0 Å². The number of rotatable bonds is 2. The van der Waals surface area contributed by atoms with Crippen LogP contribution >= 0.6 is 0 Å². The van der Waals surface area contributed by atoms with Crippen LogP contribution < -0.4 is 4.58 Å². The number of aromatic nitrogens is 2. The molecule has 6 heteroatoms. The van der Waals surface area contributed by atoms with Crippen LogP contribution in [-0.4, -0.2) is 27.6 Å². The molecule has 0 fully saturated rings. The number of fused-ring (bicyclic) bond motifs is 4. The normalized spacial score (nSPS) is 11.7. The van der Waals surface area contributed by atoms with Crippen molar-refractivity contribution >= 4 is 45.1 Å². The van der Waals surface area contributed by atoms with Crippen LogP contribution in [0.2, 0.25) is 0 Å². The van der Waals surface area contributed by atoms with Crippen molar-refractivity contribution in [3.63, 3.8) is 0 Å². The summed E-state index contributed by atoms with van der Waals surface area (Å²) in [6, 6.07) is 39.5. The van der Waals surface area contributed by atoms with E-state index in [9.17, 15) is 0 Å². The van der Waals surface area contributed by atoms with Crippen LogP contribution in [0, 0.1) is 12.1 Å². The third kappa shape index (κ3) is 4.30. The molecule has 0 spiro atoms. The second-order valence-corrected chi connectivity index (χ2v) is 8.00. The van der Waals surface area contributed by atoms with Crippen molar-refractivity contribution in [1.82, 2.24) is 14.5 Å². The molecule has 175 valence electrons.